The van der Waals surface area contributed by atoms with E-state index in [2.05, 4.69) is 0 Å². The summed E-state index contributed by atoms with van der Waals surface area (Å²) >= 11 is 0. The molecule has 2 N–H and O–H groups in total. The molecule has 0 fully saturated rings. The number of halogens is 3. The maximum absolute atomic E-state index is 12.7. The van der Waals surface area contributed by atoms with Crippen molar-refractivity contribution in [3.63, 3.8) is 0 Å². The van der Waals surface area contributed by atoms with E-state index in [9.17, 15) is 27.9 Å². The molecular weight excluding hydrogens is 401 g/mol. The Balaban J connectivity index is 2.28. The largest absolute Gasteiger partial charge is 0.491 e. The van der Waals surface area contributed by atoms with Crippen LogP contribution in [0.1, 0.15) is 70.3 Å². The lowest BCUT2D eigenvalue weighted by Gasteiger charge is -2.16. The molecule has 0 spiro atoms. The number of unbranched alkanes of at least 4 members (excludes halogenated alkanes) is 3. The van der Waals surface area contributed by atoms with Gasteiger partial charge < -0.3 is 14.9 Å². The first-order valence-corrected chi connectivity index (χ1v) is 10.3. The van der Waals surface area contributed by atoms with Crippen molar-refractivity contribution in [3.05, 3.63) is 29.8 Å². The molecule has 5 nitrogen and oxygen atoms in total. The lowest BCUT2D eigenvalue weighted by atomic mass is 9.91. The second-order valence-electron chi connectivity index (χ2n) is 7.58. The van der Waals surface area contributed by atoms with Crippen LogP contribution in [-0.2, 0) is 15.8 Å². The molecule has 30 heavy (non-hydrogen) atoms. The van der Waals surface area contributed by atoms with Crippen molar-refractivity contribution in [1.82, 2.24) is 0 Å². The number of benzene rings is 1. The normalized spacial score (nSPS) is 13.6. The Morgan fingerprint density at radius 2 is 1.70 bits per heavy atom. The van der Waals surface area contributed by atoms with E-state index in [1.807, 2.05) is 0 Å². The van der Waals surface area contributed by atoms with Crippen LogP contribution in [0.15, 0.2) is 24.3 Å². The number of Topliss-reactive ketones (excluding diaryl/α,β-unsaturated/α-hetero) is 1. The Bertz CT molecular complexity index is 660. The van der Waals surface area contributed by atoms with Crippen molar-refractivity contribution in [2.45, 2.75) is 77.0 Å². The van der Waals surface area contributed by atoms with Gasteiger partial charge in [0, 0.05) is 12.3 Å². The summed E-state index contributed by atoms with van der Waals surface area (Å²) < 4.78 is 43.4. The zero-order valence-corrected chi connectivity index (χ0v) is 17.3. The number of carbonyl (C=O) groups is 2. The predicted octanol–water partition coefficient (Wildman–Crippen LogP) is 5.25. The standard InChI is InChI=1S/C22H31F3O5/c1-16(26)17(8-4-2-3-5-13-21(28)29)9-6-11-19(27)15-30-20-12-7-10-18(14-20)22(23,24)25/h7,10,12,14,17,19,27H,2-6,8-9,11,13,15H2,1H3,(H,28,29). The van der Waals surface area contributed by atoms with Crippen molar-refractivity contribution in [1.29, 1.82) is 0 Å². The third-order valence-corrected chi connectivity index (χ3v) is 4.96. The highest BCUT2D eigenvalue weighted by molar-refractivity contribution is 5.78. The number of hydrogen-bond donors (Lipinski definition) is 2. The summed E-state index contributed by atoms with van der Waals surface area (Å²) in [5.74, 6) is -0.753. The Morgan fingerprint density at radius 1 is 1.03 bits per heavy atom. The number of aliphatic hydroxyl groups excluding tert-OH is 1. The zero-order valence-electron chi connectivity index (χ0n) is 17.3. The number of hydrogen-bond acceptors (Lipinski definition) is 4. The van der Waals surface area contributed by atoms with Crippen LogP contribution in [-0.4, -0.2) is 34.7 Å². The molecule has 0 aliphatic rings. The summed E-state index contributed by atoms with van der Waals surface area (Å²) in [5, 5.41) is 18.6. The molecule has 8 heteroatoms. The number of ketones is 1. The van der Waals surface area contributed by atoms with E-state index in [4.69, 9.17) is 9.84 Å². The van der Waals surface area contributed by atoms with Gasteiger partial charge in [-0.3, -0.25) is 9.59 Å². The van der Waals surface area contributed by atoms with Crippen LogP contribution in [0, 0.1) is 5.92 Å². The van der Waals surface area contributed by atoms with Crippen molar-refractivity contribution in [2.24, 2.45) is 5.92 Å². The van der Waals surface area contributed by atoms with Crippen LogP contribution in [0.3, 0.4) is 0 Å². The number of aliphatic carboxylic acids is 1. The minimum absolute atomic E-state index is 0.0494. The fourth-order valence-electron chi connectivity index (χ4n) is 3.21. The highest BCUT2D eigenvalue weighted by Gasteiger charge is 2.30. The summed E-state index contributed by atoms with van der Waals surface area (Å²) in [4.78, 5) is 22.3. The summed E-state index contributed by atoms with van der Waals surface area (Å²) in [6.07, 6.45) is 0.438. The predicted molar refractivity (Wildman–Crippen MR) is 106 cm³/mol. The number of carboxylic acid groups (broad SMARTS) is 1. The smallest absolute Gasteiger partial charge is 0.416 e. The van der Waals surface area contributed by atoms with Gasteiger partial charge in [0.2, 0.25) is 0 Å². The molecular formula is C22H31F3O5. The summed E-state index contributed by atoms with van der Waals surface area (Å²) in [6.45, 7) is 1.43. The molecule has 0 amide bonds. The highest BCUT2D eigenvalue weighted by Crippen LogP contribution is 2.31. The molecule has 0 saturated carbocycles. The lowest BCUT2D eigenvalue weighted by molar-refractivity contribution is -0.138. The van der Waals surface area contributed by atoms with Gasteiger partial charge in [-0.15, -0.1) is 0 Å². The first-order valence-electron chi connectivity index (χ1n) is 10.3. The van der Waals surface area contributed by atoms with Crippen LogP contribution >= 0.6 is 0 Å². The highest BCUT2D eigenvalue weighted by atomic mass is 19.4. The van der Waals surface area contributed by atoms with Crippen LogP contribution in [0.25, 0.3) is 0 Å². The van der Waals surface area contributed by atoms with Gasteiger partial charge in [-0.25, -0.2) is 0 Å². The van der Waals surface area contributed by atoms with Crippen molar-refractivity contribution in [2.75, 3.05) is 6.61 Å². The Labute approximate surface area is 175 Å². The van der Waals surface area contributed by atoms with Gasteiger partial charge in [0.15, 0.2) is 0 Å². The minimum Gasteiger partial charge on any atom is -0.491 e. The second-order valence-corrected chi connectivity index (χ2v) is 7.58. The summed E-state index contributed by atoms with van der Waals surface area (Å²) in [7, 11) is 0. The number of carboxylic acids is 1. The lowest BCUT2D eigenvalue weighted by Crippen LogP contribution is -2.19. The van der Waals surface area contributed by atoms with Gasteiger partial charge in [0.05, 0.1) is 11.7 Å². The quantitative estimate of drug-likeness (QED) is 0.370. The number of rotatable bonds is 15. The zero-order chi connectivity index (χ0) is 22.6. The van der Waals surface area contributed by atoms with Crippen molar-refractivity contribution in [3.8, 4) is 5.75 Å². The number of alkyl halides is 3. The summed E-state index contributed by atoms with van der Waals surface area (Å²) in [5.41, 5.74) is -0.804. The van der Waals surface area contributed by atoms with E-state index in [1.165, 1.54) is 12.1 Å². The Kier molecular flexibility index (Phi) is 11.5. The second kappa shape index (κ2) is 13.3. The maximum Gasteiger partial charge on any atom is 0.416 e. The average Bonchev–Trinajstić information content (AvgIpc) is 2.66. The first kappa shape index (κ1) is 25.9. The Morgan fingerprint density at radius 3 is 2.33 bits per heavy atom. The molecule has 0 heterocycles. The SMILES string of the molecule is CC(=O)C(CCCCCCC(=O)O)CCCC(O)COc1cccc(C(F)(F)F)c1. The molecule has 1 aromatic rings. The van der Waals surface area contributed by atoms with Crippen LogP contribution in [0.2, 0.25) is 0 Å². The van der Waals surface area contributed by atoms with Gasteiger partial charge >= 0.3 is 12.1 Å². The van der Waals surface area contributed by atoms with Crippen molar-refractivity contribution >= 4 is 11.8 Å². The van der Waals surface area contributed by atoms with E-state index >= 15 is 0 Å². The average molecular weight is 432 g/mol. The molecule has 0 saturated heterocycles. The molecule has 0 bridgehead atoms. The van der Waals surface area contributed by atoms with Gasteiger partial charge in [-0.05, 0) is 50.8 Å². The van der Waals surface area contributed by atoms with Crippen molar-refractivity contribution < 1.29 is 37.7 Å². The first-order chi connectivity index (χ1) is 14.1. The van der Waals surface area contributed by atoms with Gasteiger partial charge in [-0.2, -0.15) is 13.2 Å². The van der Waals surface area contributed by atoms with E-state index in [0.29, 0.717) is 25.7 Å². The van der Waals surface area contributed by atoms with E-state index in [0.717, 1.165) is 37.8 Å². The molecule has 0 aliphatic heterocycles. The maximum atomic E-state index is 12.7. The third kappa shape index (κ3) is 11.2. The Hall–Kier alpha value is -2.09. The molecule has 2 unspecified atom stereocenters. The van der Waals surface area contributed by atoms with E-state index in [1.54, 1.807) is 6.92 Å². The summed E-state index contributed by atoms with van der Waals surface area (Å²) in [6, 6.07) is 4.51. The molecule has 0 radical (unpaired) electrons. The molecule has 170 valence electrons. The topological polar surface area (TPSA) is 83.8 Å². The van der Waals surface area contributed by atoms with Crippen LogP contribution in [0.4, 0.5) is 13.2 Å². The molecule has 1 rings (SSSR count). The number of carbonyl (C=O) groups excluding carboxylic acids is 1. The minimum atomic E-state index is -4.45. The fourth-order valence-corrected chi connectivity index (χ4v) is 3.21. The van der Waals surface area contributed by atoms with Crippen LogP contribution < -0.4 is 4.74 Å². The number of ether oxygens (including phenoxy) is 1. The molecule has 0 aromatic heterocycles. The van der Waals surface area contributed by atoms with Crippen LogP contribution in [0.5, 0.6) is 5.75 Å². The fraction of sp³-hybridized carbons (Fsp3) is 0.636. The molecule has 0 aliphatic carbocycles. The third-order valence-electron chi connectivity index (χ3n) is 4.96. The monoisotopic (exact) mass is 432 g/mol. The van der Waals surface area contributed by atoms with E-state index in [-0.39, 0.29) is 30.5 Å². The molecule has 2 atom stereocenters. The molecule has 1 aromatic carbocycles. The van der Waals surface area contributed by atoms with Gasteiger partial charge in [0.25, 0.3) is 0 Å². The van der Waals surface area contributed by atoms with Gasteiger partial charge in [-0.1, -0.05) is 31.7 Å². The van der Waals surface area contributed by atoms with Gasteiger partial charge in [0.1, 0.15) is 18.1 Å². The number of aliphatic hydroxyl groups is 1. The van der Waals surface area contributed by atoms with E-state index < -0.39 is 23.8 Å².